The molecule has 1 aromatic heterocycles. The highest BCUT2D eigenvalue weighted by molar-refractivity contribution is 5.84. The minimum absolute atomic E-state index is 0.294. The molecule has 3 N–H and O–H groups in total. The van der Waals surface area contributed by atoms with Crippen molar-refractivity contribution in [1.29, 1.82) is 0 Å². The van der Waals surface area contributed by atoms with Crippen molar-refractivity contribution in [2.45, 2.75) is 6.04 Å². The van der Waals surface area contributed by atoms with Crippen LogP contribution in [0.3, 0.4) is 0 Å². The summed E-state index contributed by atoms with van der Waals surface area (Å²) in [5.41, 5.74) is 5.29. The normalized spacial score (nSPS) is 12.9. The largest absolute Gasteiger partial charge is 0.394 e. The van der Waals surface area contributed by atoms with E-state index < -0.39 is 6.04 Å². The Morgan fingerprint density at radius 2 is 2.09 bits per heavy atom. The molecule has 0 fully saturated rings. The average Bonchev–Trinajstić information content (AvgIpc) is 2.53. The lowest BCUT2D eigenvalue weighted by Crippen LogP contribution is -2.37. The van der Waals surface area contributed by atoms with Crippen LogP contribution in [0.25, 0.3) is 0 Å². The van der Waals surface area contributed by atoms with Gasteiger partial charge in [-0.3, -0.25) is 9.36 Å². The molecule has 0 aromatic carbocycles. The number of rotatable bonds is 2. The Hall–Kier alpha value is -1.13. The second-order valence-electron chi connectivity index (χ2n) is 2.22. The fourth-order valence-corrected chi connectivity index (χ4v) is 0.751. The van der Waals surface area contributed by atoms with Gasteiger partial charge in [0, 0.05) is 12.4 Å². The van der Waals surface area contributed by atoms with Crippen molar-refractivity contribution >= 4 is 5.91 Å². The first kappa shape index (κ1) is 7.97. The van der Waals surface area contributed by atoms with Crippen LogP contribution in [0.5, 0.6) is 0 Å². The van der Waals surface area contributed by atoms with Crippen molar-refractivity contribution in [3.63, 3.8) is 0 Å². The van der Waals surface area contributed by atoms with Crippen molar-refractivity contribution in [3.8, 4) is 0 Å². The second kappa shape index (κ2) is 3.32. The van der Waals surface area contributed by atoms with Gasteiger partial charge in [0.1, 0.15) is 6.04 Å². The van der Waals surface area contributed by atoms with E-state index in [2.05, 4.69) is 0 Å². The number of carbonyl (C=O) groups excluding carboxylic acids is 1. The molecule has 0 aliphatic rings. The van der Waals surface area contributed by atoms with E-state index in [9.17, 15) is 4.79 Å². The van der Waals surface area contributed by atoms with Gasteiger partial charge in [0.15, 0.2) is 0 Å². The lowest BCUT2D eigenvalue weighted by Gasteiger charge is -2.06. The highest BCUT2D eigenvalue weighted by Gasteiger charge is 2.12. The summed E-state index contributed by atoms with van der Waals surface area (Å²) in [4.78, 5) is 11.1. The number of nitrogens with zero attached hydrogens (tertiary/aromatic N) is 1. The van der Waals surface area contributed by atoms with E-state index in [0.717, 1.165) is 0 Å². The van der Waals surface area contributed by atoms with Gasteiger partial charge < -0.3 is 10.8 Å². The van der Waals surface area contributed by atoms with E-state index in [1.165, 1.54) is 4.57 Å². The fraction of sp³-hybridized carbons (Fsp3) is 0.286. The van der Waals surface area contributed by atoms with E-state index >= 15 is 0 Å². The maximum atomic E-state index is 11.1. The smallest absolute Gasteiger partial charge is 0.249 e. The topological polar surface area (TPSA) is 68.2 Å². The molecule has 0 amide bonds. The quantitative estimate of drug-likeness (QED) is 0.600. The zero-order valence-electron chi connectivity index (χ0n) is 5.97. The molecule has 0 saturated heterocycles. The Bertz CT molecular complexity index is 231. The average molecular weight is 154 g/mol. The van der Waals surface area contributed by atoms with Gasteiger partial charge in [0.25, 0.3) is 0 Å². The zero-order chi connectivity index (χ0) is 8.27. The summed E-state index contributed by atoms with van der Waals surface area (Å²) in [6.07, 6.45) is 3.19. The van der Waals surface area contributed by atoms with Crippen molar-refractivity contribution < 1.29 is 9.90 Å². The molecule has 0 spiro atoms. The Labute approximate surface area is 64.2 Å². The number of aliphatic hydroxyl groups excluding tert-OH is 1. The van der Waals surface area contributed by atoms with Crippen LogP contribution in [-0.4, -0.2) is 28.2 Å². The number of hydrogen-bond acceptors (Lipinski definition) is 3. The Kier molecular flexibility index (Phi) is 2.40. The molecule has 0 bridgehead atoms. The van der Waals surface area contributed by atoms with Crippen LogP contribution in [0, 0.1) is 0 Å². The predicted octanol–water partition coefficient (Wildman–Crippen LogP) is -0.552. The molecule has 1 rings (SSSR count). The molecule has 4 nitrogen and oxygen atoms in total. The molecule has 0 aliphatic carbocycles. The van der Waals surface area contributed by atoms with Crippen molar-refractivity contribution in [3.05, 3.63) is 24.5 Å². The summed E-state index contributed by atoms with van der Waals surface area (Å²) >= 11 is 0. The third-order valence-corrected chi connectivity index (χ3v) is 1.37. The lowest BCUT2D eigenvalue weighted by atomic mass is 10.3. The SMILES string of the molecule is N[C@@H](CO)C(=O)n1cccc1. The molecule has 1 atom stereocenters. The van der Waals surface area contributed by atoms with Crippen LogP contribution < -0.4 is 5.73 Å². The number of aliphatic hydroxyl groups is 1. The molecule has 4 heteroatoms. The van der Waals surface area contributed by atoms with Crippen LogP contribution in [-0.2, 0) is 0 Å². The summed E-state index contributed by atoms with van der Waals surface area (Å²) in [5, 5.41) is 8.54. The van der Waals surface area contributed by atoms with Crippen LogP contribution in [0.1, 0.15) is 4.79 Å². The number of carbonyl (C=O) groups is 1. The van der Waals surface area contributed by atoms with Gasteiger partial charge in [-0.2, -0.15) is 0 Å². The molecule has 0 aliphatic heterocycles. The summed E-state index contributed by atoms with van der Waals surface area (Å²) in [7, 11) is 0. The second-order valence-corrected chi connectivity index (χ2v) is 2.22. The van der Waals surface area contributed by atoms with Crippen molar-refractivity contribution in [2.24, 2.45) is 5.73 Å². The van der Waals surface area contributed by atoms with Gasteiger partial charge in [-0.25, -0.2) is 0 Å². The predicted molar refractivity (Wildman–Crippen MR) is 40.1 cm³/mol. The van der Waals surface area contributed by atoms with Gasteiger partial charge in [-0.1, -0.05) is 0 Å². The molecule has 0 radical (unpaired) electrons. The van der Waals surface area contributed by atoms with E-state index in [4.69, 9.17) is 10.8 Å². The monoisotopic (exact) mass is 154 g/mol. The highest BCUT2D eigenvalue weighted by atomic mass is 16.3. The molecule has 11 heavy (non-hydrogen) atoms. The third-order valence-electron chi connectivity index (χ3n) is 1.37. The fourth-order valence-electron chi connectivity index (χ4n) is 0.751. The molecule has 0 saturated carbocycles. The van der Waals surface area contributed by atoms with E-state index in [-0.39, 0.29) is 12.5 Å². The Balaban J connectivity index is 2.70. The Morgan fingerprint density at radius 1 is 1.55 bits per heavy atom. The molecule has 0 unspecified atom stereocenters. The van der Waals surface area contributed by atoms with E-state index in [1.54, 1.807) is 24.5 Å². The first-order valence-corrected chi connectivity index (χ1v) is 3.29. The number of hydrogen-bond donors (Lipinski definition) is 2. The van der Waals surface area contributed by atoms with Crippen LogP contribution in [0.4, 0.5) is 0 Å². The highest BCUT2D eigenvalue weighted by Crippen LogP contribution is 1.92. The zero-order valence-corrected chi connectivity index (χ0v) is 5.97. The van der Waals surface area contributed by atoms with Gasteiger partial charge in [0.05, 0.1) is 6.61 Å². The van der Waals surface area contributed by atoms with Crippen LogP contribution >= 0.6 is 0 Å². The lowest BCUT2D eigenvalue weighted by molar-refractivity contribution is 0.0842. The molecule has 1 heterocycles. The maximum Gasteiger partial charge on any atom is 0.249 e. The number of nitrogens with two attached hydrogens (primary N) is 1. The van der Waals surface area contributed by atoms with Crippen LogP contribution in [0.2, 0.25) is 0 Å². The van der Waals surface area contributed by atoms with Gasteiger partial charge in [0.2, 0.25) is 5.91 Å². The third kappa shape index (κ3) is 1.66. The summed E-state index contributed by atoms with van der Waals surface area (Å²) in [5.74, 6) is -0.294. The summed E-state index contributed by atoms with van der Waals surface area (Å²) in [6.45, 7) is -0.322. The van der Waals surface area contributed by atoms with Crippen molar-refractivity contribution in [1.82, 2.24) is 4.57 Å². The molecule has 60 valence electrons. The van der Waals surface area contributed by atoms with Gasteiger partial charge >= 0.3 is 0 Å². The first-order valence-electron chi connectivity index (χ1n) is 3.29. The van der Waals surface area contributed by atoms with Gasteiger partial charge in [-0.05, 0) is 12.1 Å². The summed E-state index contributed by atoms with van der Waals surface area (Å²) in [6, 6.07) is 2.63. The molecular weight excluding hydrogens is 144 g/mol. The van der Waals surface area contributed by atoms with E-state index in [0.29, 0.717) is 0 Å². The minimum Gasteiger partial charge on any atom is -0.394 e. The standard InChI is InChI=1S/C7H10N2O2/c8-6(5-10)7(11)9-3-1-2-4-9/h1-4,6,10H,5,8H2/t6-/m0/s1. The van der Waals surface area contributed by atoms with Crippen LogP contribution in [0.15, 0.2) is 24.5 Å². The van der Waals surface area contributed by atoms with Gasteiger partial charge in [-0.15, -0.1) is 0 Å². The summed E-state index contributed by atoms with van der Waals surface area (Å²) < 4.78 is 1.35. The maximum absolute atomic E-state index is 11.1. The van der Waals surface area contributed by atoms with Crippen molar-refractivity contribution in [2.75, 3.05) is 6.61 Å². The minimum atomic E-state index is -0.817. The number of aromatic nitrogens is 1. The Morgan fingerprint density at radius 3 is 2.55 bits per heavy atom. The van der Waals surface area contributed by atoms with E-state index in [1.807, 2.05) is 0 Å². The molecular formula is C7H10N2O2. The molecule has 1 aromatic rings. The first-order chi connectivity index (χ1) is 5.25.